The van der Waals surface area contributed by atoms with Crippen molar-refractivity contribution in [1.29, 1.82) is 0 Å². The van der Waals surface area contributed by atoms with Crippen LogP contribution in [-0.4, -0.2) is 26.5 Å². The Morgan fingerprint density at radius 3 is 0.571 bits per heavy atom. The van der Waals surface area contributed by atoms with Crippen LogP contribution in [-0.2, 0) is 0 Å². The second-order valence-corrected chi connectivity index (χ2v) is 35.8. The van der Waals surface area contributed by atoms with Crippen LogP contribution in [0.15, 0.2) is 0 Å². The topological polar surface area (TPSA) is 0 Å². The van der Waals surface area contributed by atoms with Crippen LogP contribution < -0.4 is 0 Å². The minimum absolute atomic E-state index is 0.886. The third-order valence-corrected chi connectivity index (χ3v) is 48.3. The van der Waals surface area contributed by atoms with E-state index in [0.29, 0.717) is 0 Å². The first-order chi connectivity index (χ1) is 12.7. The minimum atomic E-state index is -2.00. The third kappa shape index (κ3) is 9.93. The summed E-state index contributed by atoms with van der Waals surface area (Å²) in [5.41, 5.74) is 0. The molecule has 0 aliphatic heterocycles. The zero-order chi connectivity index (χ0) is 22.3. The summed E-state index contributed by atoms with van der Waals surface area (Å²) in [6, 6.07) is 0. The first kappa shape index (κ1) is 29.1. The van der Waals surface area contributed by atoms with E-state index in [9.17, 15) is 0 Å². The Kier molecular flexibility index (Phi) is 13.3. The molecule has 0 bridgehead atoms. The Balaban J connectivity index is 6.49. The van der Waals surface area contributed by atoms with Crippen LogP contribution in [0.4, 0.5) is 0 Å². The van der Waals surface area contributed by atoms with Crippen LogP contribution in [0.5, 0.6) is 0 Å². The Hall–Kier alpha value is 1.09. The van der Waals surface area contributed by atoms with Gasteiger partial charge >= 0.3 is 187 Å². The molecule has 0 fully saturated rings. The Bertz CT molecular complexity index is 316. The second-order valence-electron chi connectivity index (χ2n) is 13.0. The van der Waals surface area contributed by atoms with Gasteiger partial charge in [0.05, 0.1) is 0 Å². The van der Waals surface area contributed by atoms with E-state index in [0.717, 1.165) is 39.1 Å². The van der Waals surface area contributed by atoms with E-state index in [1.165, 1.54) is 0 Å². The van der Waals surface area contributed by atoms with Crippen molar-refractivity contribution < 1.29 is 0 Å². The van der Waals surface area contributed by atoms with E-state index in [1.54, 1.807) is 31.5 Å². The van der Waals surface area contributed by atoms with Gasteiger partial charge in [0, 0.05) is 0 Å². The van der Waals surface area contributed by atoms with Crippen molar-refractivity contribution in [2.24, 2.45) is 35.5 Å². The molecule has 0 unspecified atom stereocenters. The molecule has 28 heavy (non-hydrogen) atoms. The Labute approximate surface area is 186 Å². The van der Waals surface area contributed by atoms with Crippen LogP contribution in [0.2, 0.25) is 35.1 Å². The predicted octanol–water partition coefficient (Wildman–Crippen LogP) is 9.75. The average Bonchev–Trinajstić information content (AvgIpc) is 2.41. The molecule has 170 valence electrons. The van der Waals surface area contributed by atoms with Crippen molar-refractivity contribution in [3.05, 3.63) is 0 Å². The molecule has 0 aromatic rings. The molecule has 0 heterocycles. The van der Waals surface area contributed by atoms with Crippen LogP contribution >= 0.6 is 0 Å². The molecule has 0 amide bonds. The van der Waals surface area contributed by atoms with Crippen molar-refractivity contribution in [2.45, 2.75) is 125 Å². The fraction of sp³-hybridized carbons (Fsp3) is 1.00. The third-order valence-electron chi connectivity index (χ3n) is 6.73. The van der Waals surface area contributed by atoms with Crippen LogP contribution in [0.1, 0.15) is 90.0 Å². The number of rotatable bonds is 14. The van der Waals surface area contributed by atoms with Gasteiger partial charge < -0.3 is 0 Å². The van der Waals surface area contributed by atoms with Crippen molar-refractivity contribution >= 4 is 26.5 Å². The van der Waals surface area contributed by atoms with Gasteiger partial charge in [-0.15, -0.1) is 0 Å². The standard InChI is InChI=1S/C26H58Ge2/c1-20(2)14-27(15-21(3)4,16-22(5)6)26(13)28(17-23(7)8,18-24(9)10)19-25(11)12/h20-26H,14-19H2,1-13H3. The van der Waals surface area contributed by atoms with Crippen molar-refractivity contribution in [3.8, 4) is 0 Å². The molecule has 0 aliphatic rings. The SMILES string of the molecule is CC(C)[CH2][Ge]([CH2]C(C)C)([CH2]C(C)C)[CH](C)[Ge]([CH2]C(C)C)([CH2]C(C)C)[CH2]C(C)C. The van der Waals surface area contributed by atoms with Crippen molar-refractivity contribution in [2.75, 3.05) is 0 Å². The molecule has 0 aromatic heterocycles. The van der Waals surface area contributed by atoms with Crippen molar-refractivity contribution in [1.82, 2.24) is 0 Å². The Morgan fingerprint density at radius 2 is 0.464 bits per heavy atom. The molecular formula is C26H58Ge2. The summed E-state index contributed by atoms with van der Waals surface area (Å²) in [6.07, 6.45) is 0. The number of hydrogen-bond acceptors (Lipinski definition) is 0. The van der Waals surface area contributed by atoms with E-state index in [1.807, 2.05) is 0 Å². The van der Waals surface area contributed by atoms with Gasteiger partial charge in [-0.25, -0.2) is 0 Å². The van der Waals surface area contributed by atoms with E-state index in [2.05, 4.69) is 90.0 Å². The molecule has 0 radical (unpaired) electrons. The zero-order valence-electron chi connectivity index (χ0n) is 22.3. The summed E-state index contributed by atoms with van der Waals surface area (Å²) in [4.78, 5) is 0. The van der Waals surface area contributed by atoms with E-state index in [4.69, 9.17) is 0 Å². The van der Waals surface area contributed by atoms with Gasteiger partial charge in [0.25, 0.3) is 0 Å². The Morgan fingerprint density at radius 1 is 0.321 bits per heavy atom. The van der Waals surface area contributed by atoms with E-state index < -0.39 is 26.5 Å². The quantitative estimate of drug-likeness (QED) is 0.202. The number of hydrogen-bond donors (Lipinski definition) is 0. The molecule has 0 atom stereocenters. The van der Waals surface area contributed by atoms with E-state index >= 15 is 0 Å². The molecule has 0 aromatic carbocycles. The molecular weight excluding hydrogens is 458 g/mol. The summed E-state index contributed by atoms with van der Waals surface area (Å²) in [5, 5.41) is 9.74. The van der Waals surface area contributed by atoms with Crippen LogP contribution in [0, 0.1) is 35.5 Å². The van der Waals surface area contributed by atoms with E-state index in [-0.39, 0.29) is 0 Å². The van der Waals surface area contributed by atoms with Gasteiger partial charge in [-0.05, 0) is 0 Å². The summed E-state index contributed by atoms with van der Waals surface area (Å²) < 4.78 is 1.15. The normalized spacial score (nSPS) is 14.1. The van der Waals surface area contributed by atoms with Crippen LogP contribution in [0.25, 0.3) is 0 Å². The van der Waals surface area contributed by atoms with Gasteiger partial charge in [-0.3, -0.25) is 0 Å². The summed E-state index contributed by atoms with van der Waals surface area (Å²) in [5.74, 6) is 5.32. The molecule has 0 saturated heterocycles. The summed E-state index contributed by atoms with van der Waals surface area (Å²) >= 11 is -4.01. The maximum atomic E-state index is 2.85. The molecule has 2 heteroatoms. The van der Waals surface area contributed by atoms with Gasteiger partial charge in [0.15, 0.2) is 0 Å². The molecule has 0 aliphatic carbocycles. The molecule has 0 rings (SSSR count). The predicted molar refractivity (Wildman–Crippen MR) is 139 cm³/mol. The first-order valence-corrected chi connectivity index (χ1v) is 24.0. The van der Waals surface area contributed by atoms with Gasteiger partial charge in [-0.1, -0.05) is 0 Å². The van der Waals surface area contributed by atoms with Gasteiger partial charge in [0.2, 0.25) is 0 Å². The monoisotopic (exact) mass is 518 g/mol. The molecule has 0 N–H and O–H groups in total. The molecule has 0 saturated carbocycles. The van der Waals surface area contributed by atoms with Gasteiger partial charge in [-0.2, -0.15) is 0 Å². The van der Waals surface area contributed by atoms with Crippen LogP contribution in [0.3, 0.4) is 0 Å². The fourth-order valence-electron chi connectivity index (χ4n) is 7.09. The van der Waals surface area contributed by atoms with Crippen molar-refractivity contribution in [3.63, 3.8) is 0 Å². The molecule has 0 nitrogen and oxygen atoms in total. The second kappa shape index (κ2) is 12.8. The zero-order valence-corrected chi connectivity index (χ0v) is 26.5. The maximum absolute atomic E-state index is 2.85. The average molecular weight is 516 g/mol. The fourth-order valence-corrected chi connectivity index (χ4v) is 58.7. The van der Waals surface area contributed by atoms with Gasteiger partial charge in [0.1, 0.15) is 0 Å². The summed E-state index contributed by atoms with van der Waals surface area (Å²) in [6.45, 7) is 33.1. The first-order valence-electron chi connectivity index (χ1n) is 12.7. The summed E-state index contributed by atoms with van der Waals surface area (Å²) in [7, 11) is 0. The molecule has 0 spiro atoms.